The van der Waals surface area contributed by atoms with E-state index in [-0.39, 0.29) is 31.0 Å². The van der Waals surface area contributed by atoms with Gasteiger partial charge in [-0.15, -0.1) is 0 Å². The lowest BCUT2D eigenvalue weighted by Crippen LogP contribution is -2.49. The van der Waals surface area contributed by atoms with Crippen LogP contribution in [0.5, 0.6) is 11.5 Å². The molecule has 5 rings (SSSR count). The predicted octanol–water partition coefficient (Wildman–Crippen LogP) is 2.27. The Balaban J connectivity index is 1.24. The van der Waals surface area contributed by atoms with Crippen LogP contribution in [0, 0.1) is 11.6 Å². The van der Waals surface area contributed by atoms with Gasteiger partial charge < -0.3 is 24.7 Å². The molecule has 10 heteroatoms. The standard InChI is InChI=1S/C21H18F2N4O4/c22-13-2-3-15(14(23)8-13)24-20(28)10-26-5-6-27-17(21(26)29)9-16(25-27)12-1-4-18-19(7-12)31-11-30-18/h1-8,16-17,25H,9-11H2,(H,24,28). The fourth-order valence-electron chi connectivity index (χ4n) is 3.85. The molecule has 2 amide bonds. The minimum absolute atomic E-state index is 0.116. The highest BCUT2D eigenvalue weighted by Gasteiger charge is 2.40. The van der Waals surface area contributed by atoms with Gasteiger partial charge in [-0.3, -0.25) is 9.59 Å². The van der Waals surface area contributed by atoms with Crippen molar-refractivity contribution >= 4 is 17.5 Å². The van der Waals surface area contributed by atoms with E-state index in [2.05, 4.69) is 10.7 Å². The van der Waals surface area contributed by atoms with Gasteiger partial charge in [-0.05, 0) is 36.2 Å². The van der Waals surface area contributed by atoms with Gasteiger partial charge in [0.1, 0.15) is 24.2 Å². The van der Waals surface area contributed by atoms with E-state index < -0.39 is 23.6 Å². The van der Waals surface area contributed by atoms with Gasteiger partial charge in [0, 0.05) is 18.5 Å². The predicted molar refractivity (Wildman–Crippen MR) is 105 cm³/mol. The lowest BCUT2D eigenvalue weighted by atomic mass is 10.0. The number of rotatable bonds is 4. The molecule has 0 aromatic heterocycles. The normalized spacial score (nSPS) is 21.4. The Morgan fingerprint density at radius 2 is 1.97 bits per heavy atom. The molecule has 0 bridgehead atoms. The number of nitrogens with zero attached hydrogens (tertiary/aromatic N) is 2. The van der Waals surface area contributed by atoms with Crippen molar-refractivity contribution in [2.75, 3.05) is 18.7 Å². The van der Waals surface area contributed by atoms with Crippen LogP contribution in [-0.4, -0.2) is 41.1 Å². The van der Waals surface area contributed by atoms with Gasteiger partial charge in [0.15, 0.2) is 11.5 Å². The zero-order valence-electron chi connectivity index (χ0n) is 16.2. The van der Waals surface area contributed by atoms with Gasteiger partial charge in [0.25, 0.3) is 5.91 Å². The zero-order chi connectivity index (χ0) is 21.5. The molecule has 3 aliphatic rings. The quantitative estimate of drug-likeness (QED) is 0.778. The molecule has 3 aliphatic heterocycles. The topological polar surface area (TPSA) is 83.1 Å². The summed E-state index contributed by atoms with van der Waals surface area (Å²) in [5, 5.41) is 4.07. The van der Waals surface area contributed by atoms with Gasteiger partial charge in [0.2, 0.25) is 12.7 Å². The molecule has 0 aliphatic carbocycles. The minimum Gasteiger partial charge on any atom is -0.454 e. The molecule has 2 N–H and O–H groups in total. The first kappa shape index (κ1) is 19.3. The highest BCUT2D eigenvalue weighted by Crippen LogP contribution is 2.37. The summed E-state index contributed by atoms with van der Waals surface area (Å²) < 4.78 is 37.5. The van der Waals surface area contributed by atoms with E-state index in [1.54, 1.807) is 11.2 Å². The molecule has 2 atom stereocenters. The third-order valence-corrected chi connectivity index (χ3v) is 5.39. The Labute approximate surface area is 176 Å². The van der Waals surface area contributed by atoms with Crippen LogP contribution < -0.4 is 20.2 Å². The summed E-state index contributed by atoms with van der Waals surface area (Å²) in [5.41, 5.74) is 4.08. The van der Waals surface area contributed by atoms with E-state index in [9.17, 15) is 18.4 Å². The minimum atomic E-state index is -0.883. The van der Waals surface area contributed by atoms with E-state index in [1.165, 1.54) is 11.1 Å². The molecule has 2 aromatic rings. The smallest absolute Gasteiger partial charge is 0.251 e. The van der Waals surface area contributed by atoms with Crippen LogP contribution in [0.4, 0.5) is 14.5 Å². The summed E-state index contributed by atoms with van der Waals surface area (Å²) in [6, 6.07) is 7.89. The van der Waals surface area contributed by atoms with E-state index in [4.69, 9.17) is 9.47 Å². The maximum absolute atomic E-state index is 13.7. The second-order valence-corrected chi connectivity index (χ2v) is 7.39. The number of hydrazine groups is 1. The Hall–Kier alpha value is -3.66. The lowest BCUT2D eigenvalue weighted by Gasteiger charge is -2.31. The monoisotopic (exact) mass is 428 g/mol. The fraction of sp³-hybridized carbons (Fsp3) is 0.238. The molecule has 0 saturated carbocycles. The molecule has 160 valence electrons. The number of halogens is 2. The molecule has 31 heavy (non-hydrogen) atoms. The largest absolute Gasteiger partial charge is 0.454 e. The summed E-state index contributed by atoms with van der Waals surface area (Å²) in [4.78, 5) is 26.5. The fourth-order valence-corrected chi connectivity index (χ4v) is 3.85. The van der Waals surface area contributed by atoms with Crippen LogP contribution in [0.25, 0.3) is 0 Å². The van der Waals surface area contributed by atoms with Crippen molar-refractivity contribution in [2.45, 2.75) is 18.5 Å². The van der Waals surface area contributed by atoms with Crippen molar-refractivity contribution in [3.63, 3.8) is 0 Å². The molecule has 3 heterocycles. The number of fused-ring (bicyclic) bond motifs is 2. The zero-order valence-corrected chi connectivity index (χ0v) is 16.2. The maximum atomic E-state index is 13.7. The number of carbonyl (C=O) groups excluding carboxylic acids is 2. The van der Waals surface area contributed by atoms with Crippen LogP contribution in [0.15, 0.2) is 48.8 Å². The number of amides is 2. The molecule has 2 aromatic carbocycles. The summed E-state index contributed by atoms with van der Waals surface area (Å²) in [6.45, 7) is -0.100. The molecule has 0 radical (unpaired) electrons. The Bertz CT molecular complexity index is 1090. The van der Waals surface area contributed by atoms with Crippen LogP contribution in [0.1, 0.15) is 18.0 Å². The third-order valence-electron chi connectivity index (χ3n) is 5.39. The average Bonchev–Trinajstić information content (AvgIpc) is 3.39. The number of nitrogens with one attached hydrogen (secondary N) is 2. The second-order valence-electron chi connectivity index (χ2n) is 7.39. The van der Waals surface area contributed by atoms with E-state index >= 15 is 0 Å². The Morgan fingerprint density at radius 1 is 1.13 bits per heavy atom. The second kappa shape index (κ2) is 7.55. The number of benzene rings is 2. The van der Waals surface area contributed by atoms with Crippen LogP contribution in [0.2, 0.25) is 0 Å². The van der Waals surface area contributed by atoms with Crippen molar-refractivity contribution < 1.29 is 27.8 Å². The van der Waals surface area contributed by atoms with Crippen molar-refractivity contribution in [3.05, 3.63) is 66.0 Å². The first-order chi connectivity index (χ1) is 15.0. The van der Waals surface area contributed by atoms with Gasteiger partial charge in [-0.25, -0.2) is 14.2 Å². The van der Waals surface area contributed by atoms with Crippen LogP contribution >= 0.6 is 0 Å². The Kier molecular flexibility index (Phi) is 4.70. The lowest BCUT2D eigenvalue weighted by molar-refractivity contribution is -0.137. The molecule has 0 spiro atoms. The van der Waals surface area contributed by atoms with E-state index in [1.807, 2.05) is 18.2 Å². The number of ether oxygens (including phenoxy) is 2. The maximum Gasteiger partial charge on any atom is 0.251 e. The van der Waals surface area contributed by atoms with Gasteiger partial charge >= 0.3 is 0 Å². The highest BCUT2D eigenvalue weighted by molar-refractivity contribution is 5.96. The Morgan fingerprint density at radius 3 is 2.81 bits per heavy atom. The van der Waals surface area contributed by atoms with Crippen molar-refractivity contribution in [3.8, 4) is 11.5 Å². The highest BCUT2D eigenvalue weighted by atomic mass is 19.1. The molecule has 8 nitrogen and oxygen atoms in total. The average molecular weight is 428 g/mol. The number of hydrogen-bond acceptors (Lipinski definition) is 6. The summed E-state index contributed by atoms with van der Waals surface area (Å²) in [7, 11) is 0. The molecule has 1 fully saturated rings. The molecular weight excluding hydrogens is 410 g/mol. The summed E-state index contributed by atoms with van der Waals surface area (Å²) in [5.74, 6) is -1.12. The van der Waals surface area contributed by atoms with Gasteiger partial charge in [-0.1, -0.05) is 6.07 Å². The van der Waals surface area contributed by atoms with Crippen molar-refractivity contribution in [1.82, 2.24) is 15.3 Å². The van der Waals surface area contributed by atoms with Gasteiger partial charge in [0.05, 0.1) is 11.7 Å². The molecular formula is C21H18F2N4O4. The first-order valence-corrected chi connectivity index (χ1v) is 9.66. The third kappa shape index (κ3) is 3.66. The van der Waals surface area contributed by atoms with Gasteiger partial charge in [-0.2, -0.15) is 0 Å². The summed E-state index contributed by atoms with van der Waals surface area (Å²) in [6.07, 6.45) is 3.67. The van der Waals surface area contributed by atoms with Crippen LogP contribution in [-0.2, 0) is 9.59 Å². The van der Waals surface area contributed by atoms with Crippen molar-refractivity contribution in [2.24, 2.45) is 0 Å². The number of hydrogen-bond donors (Lipinski definition) is 2. The first-order valence-electron chi connectivity index (χ1n) is 9.66. The number of carbonyl (C=O) groups is 2. The molecule has 1 saturated heterocycles. The van der Waals surface area contributed by atoms with E-state index in [0.29, 0.717) is 24.0 Å². The summed E-state index contributed by atoms with van der Waals surface area (Å²) >= 11 is 0. The molecule has 2 unspecified atom stereocenters. The van der Waals surface area contributed by atoms with Crippen molar-refractivity contribution in [1.29, 1.82) is 0 Å². The number of anilines is 1. The van der Waals surface area contributed by atoms with E-state index in [0.717, 1.165) is 17.7 Å². The van der Waals surface area contributed by atoms with Crippen LogP contribution in [0.3, 0.4) is 0 Å². The SMILES string of the molecule is O=C(CN1C=CN2NC(c3ccc4c(c3)OCO4)CC2C1=O)Nc1ccc(F)cc1F.